The third-order valence-corrected chi connectivity index (χ3v) is 10.6. The van der Waals surface area contributed by atoms with E-state index in [-0.39, 0.29) is 6.09 Å². The Bertz CT molecular complexity index is 1960. The maximum absolute atomic E-state index is 12.4. The standard InChI is InChI=1S/C36H45ClN6O5Si/c1-23-39-27-9-8-26(20-30(27)43(23)22-45-16-17-49(5,6)7)46-31-11-10-28-34(33(31)37)40-29(21-38-28)32-19-25(41-48-32)18-24-12-14-42(15-13-24)35(44)47-36(2,3)4/h8-11,19-21,24H,12-18,22H2,1-7H3. The molecule has 260 valence electrons. The number of piperidine rings is 1. The number of rotatable bonds is 10. The van der Waals surface area contributed by atoms with Gasteiger partial charge in [0, 0.05) is 39.9 Å². The number of likely N-dealkylation sites (tertiary alicyclic amines) is 1. The number of benzene rings is 2. The fourth-order valence-electron chi connectivity index (χ4n) is 5.81. The van der Waals surface area contributed by atoms with Gasteiger partial charge in [0.1, 0.15) is 45.9 Å². The van der Waals surface area contributed by atoms with Crippen molar-refractivity contribution in [3.8, 4) is 23.0 Å². The maximum Gasteiger partial charge on any atom is 0.410 e. The van der Waals surface area contributed by atoms with Gasteiger partial charge in [-0.2, -0.15) is 0 Å². The molecule has 0 spiro atoms. The SMILES string of the molecule is Cc1nc2ccc(Oc3ccc4ncc(-c5cc(CC6CCN(C(=O)OC(C)(C)C)CC6)no5)nc4c3Cl)cc2n1COCC[Si](C)(C)C. The molecule has 1 amide bonds. The zero-order valence-electron chi connectivity index (χ0n) is 29.4. The second-order valence-corrected chi connectivity index (χ2v) is 21.0. The van der Waals surface area contributed by atoms with Gasteiger partial charge in [0.15, 0.2) is 5.76 Å². The molecule has 1 saturated heterocycles. The van der Waals surface area contributed by atoms with Crippen LogP contribution in [0.1, 0.15) is 45.1 Å². The third-order valence-electron chi connectivity index (χ3n) is 8.55. The minimum Gasteiger partial charge on any atom is -0.456 e. The summed E-state index contributed by atoms with van der Waals surface area (Å²) in [4.78, 5) is 28.3. The Balaban J connectivity index is 1.13. The number of carbonyl (C=O) groups is 1. The molecule has 0 saturated carbocycles. The van der Waals surface area contributed by atoms with E-state index in [1.54, 1.807) is 17.2 Å². The van der Waals surface area contributed by atoms with E-state index in [9.17, 15) is 4.79 Å². The number of amides is 1. The summed E-state index contributed by atoms with van der Waals surface area (Å²) >= 11 is 6.88. The predicted octanol–water partition coefficient (Wildman–Crippen LogP) is 8.89. The van der Waals surface area contributed by atoms with E-state index in [0.29, 0.717) is 64.7 Å². The highest BCUT2D eigenvalue weighted by Crippen LogP contribution is 2.36. The molecule has 1 fully saturated rings. The first-order valence-electron chi connectivity index (χ1n) is 16.8. The Morgan fingerprint density at radius 1 is 1.06 bits per heavy atom. The Hall–Kier alpha value is -4.00. The molecule has 2 aromatic carbocycles. The minimum absolute atomic E-state index is 0.256. The van der Waals surface area contributed by atoms with Gasteiger partial charge < -0.3 is 28.2 Å². The molecule has 1 aliphatic heterocycles. The largest absolute Gasteiger partial charge is 0.456 e. The number of aromatic nitrogens is 5. The van der Waals surface area contributed by atoms with Gasteiger partial charge in [0.05, 0.1) is 28.4 Å². The second kappa shape index (κ2) is 14.1. The van der Waals surface area contributed by atoms with Crippen molar-refractivity contribution in [2.45, 2.75) is 85.0 Å². The quantitative estimate of drug-likeness (QED) is 0.104. The van der Waals surface area contributed by atoms with E-state index in [1.165, 1.54) is 0 Å². The molecule has 0 unspecified atom stereocenters. The van der Waals surface area contributed by atoms with Crippen LogP contribution in [0.2, 0.25) is 30.7 Å². The Morgan fingerprint density at radius 3 is 2.55 bits per heavy atom. The Kier molecular flexibility index (Phi) is 10.0. The molecule has 3 aromatic heterocycles. The van der Waals surface area contributed by atoms with Gasteiger partial charge in [0.2, 0.25) is 0 Å². The number of aryl methyl sites for hydroxylation is 1. The fraction of sp³-hybridized carbons (Fsp3) is 0.472. The van der Waals surface area contributed by atoms with Crippen LogP contribution in [0.3, 0.4) is 0 Å². The average Bonchev–Trinajstić information content (AvgIpc) is 3.63. The molecule has 11 nitrogen and oxygen atoms in total. The van der Waals surface area contributed by atoms with Crippen molar-refractivity contribution < 1.29 is 23.5 Å². The lowest BCUT2D eigenvalue weighted by molar-refractivity contribution is 0.0183. The molecule has 6 rings (SSSR count). The summed E-state index contributed by atoms with van der Waals surface area (Å²) in [7, 11) is -1.18. The third kappa shape index (κ3) is 8.60. The van der Waals surface area contributed by atoms with E-state index in [0.717, 1.165) is 54.5 Å². The average molecular weight is 705 g/mol. The maximum atomic E-state index is 12.4. The molecule has 5 aromatic rings. The molecule has 0 radical (unpaired) electrons. The fourth-order valence-corrected chi connectivity index (χ4v) is 6.80. The summed E-state index contributed by atoms with van der Waals surface area (Å²) in [5.41, 5.74) is 3.80. The van der Waals surface area contributed by atoms with Crippen molar-refractivity contribution >= 4 is 47.8 Å². The van der Waals surface area contributed by atoms with Crippen molar-refractivity contribution in [3.63, 3.8) is 0 Å². The van der Waals surface area contributed by atoms with Crippen LogP contribution in [0.25, 0.3) is 33.5 Å². The number of imidazole rings is 1. The lowest BCUT2D eigenvalue weighted by Gasteiger charge is -2.33. The summed E-state index contributed by atoms with van der Waals surface area (Å²) in [5.74, 6) is 2.87. The van der Waals surface area contributed by atoms with Crippen molar-refractivity contribution in [2.24, 2.45) is 5.92 Å². The predicted molar refractivity (Wildman–Crippen MR) is 193 cm³/mol. The van der Waals surface area contributed by atoms with Crippen molar-refractivity contribution in [1.82, 2.24) is 29.6 Å². The summed E-state index contributed by atoms with van der Waals surface area (Å²) in [6.45, 7) is 17.1. The highest BCUT2D eigenvalue weighted by atomic mass is 35.5. The van der Waals surface area contributed by atoms with E-state index < -0.39 is 13.7 Å². The van der Waals surface area contributed by atoms with Gasteiger partial charge in [-0.1, -0.05) is 36.4 Å². The van der Waals surface area contributed by atoms with E-state index in [1.807, 2.05) is 58.0 Å². The molecule has 49 heavy (non-hydrogen) atoms. The smallest absolute Gasteiger partial charge is 0.410 e. The molecule has 0 aliphatic carbocycles. The number of nitrogens with zero attached hydrogens (tertiary/aromatic N) is 6. The van der Waals surface area contributed by atoms with Crippen LogP contribution in [0.15, 0.2) is 47.1 Å². The number of fused-ring (bicyclic) bond motifs is 2. The molecule has 0 atom stereocenters. The molecule has 1 aliphatic rings. The zero-order chi connectivity index (χ0) is 34.9. The van der Waals surface area contributed by atoms with E-state index >= 15 is 0 Å². The number of carbonyl (C=O) groups excluding carboxylic acids is 1. The lowest BCUT2D eigenvalue weighted by atomic mass is 9.92. The van der Waals surface area contributed by atoms with Crippen LogP contribution in [-0.2, 0) is 22.6 Å². The normalized spacial score (nSPS) is 14.6. The zero-order valence-corrected chi connectivity index (χ0v) is 31.1. The van der Waals surface area contributed by atoms with Crippen LogP contribution >= 0.6 is 11.6 Å². The van der Waals surface area contributed by atoms with Crippen molar-refractivity contribution in [3.05, 3.63) is 59.1 Å². The first-order chi connectivity index (χ1) is 23.2. The molecular weight excluding hydrogens is 660 g/mol. The number of hydrogen-bond acceptors (Lipinski definition) is 9. The molecule has 4 heterocycles. The van der Waals surface area contributed by atoms with E-state index in [4.69, 9.17) is 40.3 Å². The summed E-state index contributed by atoms with van der Waals surface area (Å²) in [6.07, 6.45) is 3.90. The monoisotopic (exact) mass is 704 g/mol. The van der Waals surface area contributed by atoms with Gasteiger partial charge >= 0.3 is 6.09 Å². The van der Waals surface area contributed by atoms with Crippen LogP contribution in [0.4, 0.5) is 4.79 Å². The number of hydrogen-bond donors (Lipinski definition) is 0. The highest BCUT2D eigenvalue weighted by molar-refractivity contribution is 6.76. The number of halogens is 1. The van der Waals surface area contributed by atoms with Crippen LogP contribution in [0, 0.1) is 12.8 Å². The summed E-state index contributed by atoms with van der Waals surface area (Å²) < 4.78 is 25.6. The van der Waals surface area contributed by atoms with Gasteiger partial charge in [-0.3, -0.25) is 4.98 Å². The van der Waals surface area contributed by atoms with Crippen molar-refractivity contribution in [1.29, 1.82) is 0 Å². The first-order valence-corrected chi connectivity index (χ1v) is 20.9. The van der Waals surface area contributed by atoms with E-state index in [2.05, 4.69) is 34.3 Å². The van der Waals surface area contributed by atoms with Gasteiger partial charge in [0.25, 0.3) is 0 Å². The summed E-state index contributed by atoms with van der Waals surface area (Å²) in [6, 6.07) is 12.4. The van der Waals surface area contributed by atoms with Gasteiger partial charge in [-0.15, -0.1) is 0 Å². The lowest BCUT2D eigenvalue weighted by Crippen LogP contribution is -2.42. The van der Waals surface area contributed by atoms with Crippen molar-refractivity contribution in [2.75, 3.05) is 19.7 Å². The van der Waals surface area contributed by atoms with Gasteiger partial charge in [-0.05, 0) is 83.2 Å². The van der Waals surface area contributed by atoms with Crippen LogP contribution in [-0.4, -0.2) is 69.0 Å². The van der Waals surface area contributed by atoms with Crippen LogP contribution < -0.4 is 4.74 Å². The Labute approximate surface area is 292 Å². The molecule has 13 heteroatoms. The first kappa shape index (κ1) is 34.8. The van der Waals surface area contributed by atoms with Crippen LogP contribution in [0.5, 0.6) is 11.5 Å². The molecular formula is C36H45ClN6O5Si. The molecule has 0 N–H and O–H groups in total. The topological polar surface area (TPSA) is 118 Å². The highest BCUT2D eigenvalue weighted by Gasteiger charge is 2.27. The van der Waals surface area contributed by atoms with Gasteiger partial charge in [-0.25, -0.2) is 14.8 Å². The number of ether oxygens (including phenoxy) is 3. The molecule has 0 bridgehead atoms. The second-order valence-electron chi connectivity index (χ2n) is 15.0. The Morgan fingerprint density at radius 2 is 1.82 bits per heavy atom. The minimum atomic E-state index is -1.18. The summed E-state index contributed by atoms with van der Waals surface area (Å²) in [5, 5.41) is 4.66.